The van der Waals surface area contributed by atoms with Gasteiger partial charge in [0.25, 0.3) is 5.91 Å². The van der Waals surface area contributed by atoms with Crippen molar-refractivity contribution in [1.82, 2.24) is 20.1 Å². The van der Waals surface area contributed by atoms with Crippen molar-refractivity contribution in [2.75, 3.05) is 13.1 Å². The lowest BCUT2D eigenvalue weighted by Crippen LogP contribution is -2.30. The molecule has 1 unspecified atom stereocenters. The van der Waals surface area contributed by atoms with Gasteiger partial charge in [-0.1, -0.05) is 13.8 Å². The highest BCUT2D eigenvalue weighted by molar-refractivity contribution is 5.91. The molecule has 98 valence electrons. The lowest BCUT2D eigenvalue weighted by Gasteiger charge is -2.12. The maximum Gasteiger partial charge on any atom is 0.308 e. The number of aliphatic carboxylic acids is 1. The Morgan fingerprint density at radius 2 is 2.22 bits per heavy atom. The van der Waals surface area contributed by atoms with Gasteiger partial charge in [-0.3, -0.25) is 14.7 Å². The molecule has 1 saturated heterocycles. The molecule has 2 heterocycles. The van der Waals surface area contributed by atoms with E-state index in [2.05, 4.69) is 15.2 Å². The predicted octanol–water partition coefficient (Wildman–Crippen LogP) is 0.475. The Balaban J connectivity index is 2.05. The molecule has 0 aromatic carbocycles. The first-order chi connectivity index (χ1) is 8.49. The average Bonchev–Trinajstić information content (AvgIpc) is 2.97. The monoisotopic (exact) mass is 252 g/mol. The highest BCUT2D eigenvalue weighted by Crippen LogP contribution is 2.18. The van der Waals surface area contributed by atoms with Gasteiger partial charge in [-0.2, -0.15) is 0 Å². The van der Waals surface area contributed by atoms with Crippen LogP contribution in [0.2, 0.25) is 0 Å². The van der Waals surface area contributed by atoms with Gasteiger partial charge in [-0.25, -0.2) is 4.98 Å². The van der Waals surface area contributed by atoms with Crippen molar-refractivity contribution in [3.63, 3.8) is 0 Å². The van der Waals surface area contributed by atoms with Crippen LogP contribution in [0.4, 0.5) is 0 Å². The summed E-state index contributed by atoms with van der Waals surface area (Å²) in [5, 5.41) is 15.5. The number of carboxylic acids is 1. The van der Waals surface area contributed by atoms with Gasteiger partial charge < -0.3 is 10.0 Å². The summed E-state index contributed by atoms with van der Waals surface area (Å²) < 4.78 is 0. The largest absolute Gasteiger partial charge is 0.481 e. The number of rotatable bonds is 3. The summed E-state index contributed by atoms with van der Waals surface area (Å²) in [6.07, 6.45) is 0.489. The molecule has 0 saturated carbocycles. The molecule has 1 fully saturated rings. The predicted molar refractivity (Wildman–Crippen MR) is 62.1 cm³/mol. The number of likely N-dealkylation sites (tertiary alicyclic amines) is 1. The summed E-state index contributed by atoms with van der Waals surface area (Å²) in [6.45, 7) is 4.58. The molecule has 0 spiro atoms. The Morgan fingerprint density at radius 1 is 1.50 bits per heavy atom. The van der Waals surface area contributed by atoms with Crippen molar-refractivity contribution in [1.29, 1.82) is 0 Å². The van der Waals surface area contributed by atoms with E-state index in [0.29, 0.717) is 18.8 Å². The molecule has 0 aliphatic carbocycles. The number of carbonyl (C=O) groups excluding carboxylic acids is 1. The summed E-state index contributed by atoms with van der Waals surface area (Å²) >= 11 is 0. The third kappa shape index (κ3) is 2.34. The summed E-state index contributed by atoms with van der Waals surface area (Å²) in [5.41, 5.74) is 0. The minimum absolute atomic E-state index is 0.115. The first kappa shape index (κ1) is 12.5. The zero-order valence-corrected chi connectivity index (χ0v) is 10.4. The maximum absolute atomic E-state index is 12.0. The van der Waals surface area contributed by atoms with E-state index in [4.69, 9.17) is 5.11 Å². The van der Waals surface area contributed by atoms with Crippen molar-refractivity contribution in [2.24, 2.45) is 5.92 Å². The normalized spacial score (nSPS) is 19.5. The quantitative estimate of drug-likeness (QED) is 0.814. The zero-order valence-electron chi connectivity index (χ0n) is 10.4. The molecular weight excluding hydrogens is 236 g/mol. The van der Waals surface area contributed by atoms with E-state index in [9.17, 15) is 9.59 Å². The second-order valence-electron chi connectivity index (χ2n) is 4.77. The zero-order chi connectivity index (χ0) is 13.3. The van der Waals surface area contributed by atoms with E-state index in [0.717, 1.165) is 0 Å². The molecule has 18 heavy (non-hydrogen) atoms. The number of hydrogen-bond acceptors (Lipinski definition) is 4. The van der Waals surface area contributed by atoms with Crippen molar-refractivity contribution in [2.45, 2.75) is 26.2 Å². The van der Waals surface area contributed by atoms with Gasteiger partial charge in [0.1, 0.15) is 5.82 Å². The maximum atomic E-state index is 12.0. The highest BCUT2D eigenvalue weighted by atomic mass is 16.4. The smallest absolute Gasteiger partial charge is 0.308 e. The van der Waals surface area contributed by atoms with Crippen LogP contribution >= 0.6 is 0 Å². The number of nitrogens with zero attached hydrogens (tertiary/aromatic N) is 3. The van der Waals surface area contributed by atoms with Crippen LogP contribution in [0.25, 0.3) is 0 Å². The molecule has 1 aliphatic heterocycles. The summed E-state index contributed by atoms with van der Waals surface area (Å²) in [7, 11) is 0. The second kappa shape index (κ2) is 4.75. The van der Waals surface area contributed by atoms with Crippen LogP contribution in [0.15, 0.2) is 0 Å². The standard InChI is InChI=1S/C11H16N4O3/c1-6(2)8-12-9(14-13-8)10(16)15-4-3-7(5-15)11(17)18/h6-7H,3-5H2,1-2H3,(H,17,18)(H,12,13,14). The summed E-state index contributed by atoms with van der Waals surface area (Å²) in [6, 6.07) is 0. The number of H-pyrrole nitrogens is 1. The van der Waals surface area contributed by atoms with E-state index in [-0.39, 0.29) is 24.2 Å². The number of aromatic amines is 1. The van der Waals surface area contributed by atoms with Crippen LogP contribution in [0.5, 0.6) is 0 Å². The number of carbonyl (C=O) groups is 2. The number of hydrogen-bond donors (Lipinski definition) is 2. The fourth-order valence-electron chi connectivity index (χ4n) is 1.92. The van der Waals surface area contributed by atoms with Gasteiger partial charge in [0.05, 0.1) is 5.92 Å². The lowest BCUT2D eigenvalue weighted by molar-refractivity contribution is -0.141. The van der Waals surface area contributed by atoms with Crippen molar-refractivity contribution >= 4 is 11.9 Å². The lowest BCUT2D eigenvalue weighted by atomic mass is 10.1. The number of carboxylic acid groups (broad SMARTS) is 1. The van der Waals surface area contributed by atoms with E-state index < -0.39 is 11.9 Å². The third-order valence-corrected chi connectivity index (χ3v) is 3.07. The number of aromatic nitrogens is 3. The van der Waals surface area contributed by atoms with Crippen LogP contribution in [-0.4, -0.2) is 50.2 Å². The molecule has 1 amide bonds. The average molecular weight is 252 g/mol. The first-order valence-electron chi connectivity index (χ1n) is 5.93. The van der Waals surface area contributed by atoms with Gasteiger partial charge in [-0.15, -0.1) is 5.10 Å². The van der Waals surface area contributed by atoms with Crippen molar-refractivity contribution < 1.29 is 14.7 Å². The van der Waals surface area contributed by atoms with E-state index >= 15 is 0 Å². The molecule has 2 rings (SSSR count). The molecule has 0 bridgehead atoms. The van der Waals surface area contributed by atoms with E-state index in [1.54, 1.807) is 0 Å². The van der Waals surface area contributed by atoms with Gasteiger partial charge in [0, 0.05) is 19.0 Å². The Kier molecular flexibility index (Phi) is 3.31. The molecule has 0 radical (unpaired) electrons. The number of amides is 1. The molecule has 2 N–H and O–H groups in total. The van der Waals surface area contributed by atoms with Crippen LogP contribution in [0.1, 0.15) is 42.6 Å². The van der Waals surface area contributed by atoms with E-state index in [1.165, 1.54) is 4.90 Å². The molecule has 1 aliphatic rings. The third-order valence-electron chi connectivity index (χ3n) is 3.07. The van der Waals surface area contributed by atoms with E-state index in [1.807, 2.05) is 13.8 Å². The summed E-state index contributed by atoms with van der Waals surface area (Å²) in [4.78, 5) is 28.5. The SMILES string of the molecule is CC(C)c1nc(C(=O)N2CCC(C(=O)O)C2)n[nH]1. The number of nitrogens with one attached hydrogen (secondary N) is 1. The van der Waals surface area contributed by atoms with Gasteiger partial charge in [-0.05, 0) is 6.42 Å². The fraction of sp³-hybridized carbons (Fsp3) is 0.636. The molecular formula is C11H16N4O3. The Hall–Kier alpha value is -1.92. The minimum Gasteiger partial charge on any atom is -0.481 e. The van der Waals surface area contributed by atoms with Crippen LogP contribution < -0.4 is 0 Å². The van der Waals surface area contributed by atoms with Crippen LogP contribution in [0, 0.1) is 5.92 Å². The summed E-state index contributed by atoms with van der Waals surface area (Å²) in [5.74, 6) is -0.691. The first-order valence-corrected chi connectivity index (χ1v) is 5.93. The highest BCUT2D eigenvalue weighted by Gasteiger charge is 2.32. The Morgan fingerprint density at radius 3 is 2.72 bits per heavy atom. The molecule has 1 aromatic rings. The Bertz CT molecular complexity index is 469. The molecule has 1 aromatic heterocycles. The van der Waals surface area contributed by atoms with Crippen LogP contribution in [-0.2, 0) is 4.79 Å². The van der Waals surface area contributed by atoms with Gasteiger partial charge in [0.15, 0.2) is 0 Å². The van der Waals surface area contributed by atoms with Gasteiger partial charge in [0.2, 0.25) is 5.82 Å². The molecule has 1 atom stereocenters. The second-order valence-corrected chi connectivity index (χ2v) is 4.77. The minimum atomic E-state index is -0.858. The molecule has 7 nitrogen and oxygen atoms in total. The van der Waals surface area contributed by atoms with Crippen molar-refractivity contribution in [3.8, 4) is 0 Å². The molecule has 7 heteroatoms. The topological polar surface area (TPSA) is 99.2 Å². The van der Waals surface area contributed by atoms with Crippen molar-refractivity contribution in [3.05, 3.63) is 11.6 Å². The van der Waals surface area contributed by atoms with Crippen LogP contribution in [0.3, 0.4) is 0 Å². The fourth-order valence-corrected chi connectivity index (χ4v) is 1.92. The van der Waals surface area contributed by atoms with Gasteiger partial charge >= 0.3 is 5.97 Å². The Labute approximate surface area is 104 Å².